The smallest absolute Gasteiger partial charge is 0.110 e. The van der Waals surface area contributed by atoms with E-state index in [-0.39, 0.29) is 11.5 Å². The third kappa shape index (κ3) is 2.69. The highest BCUT2D eigenvalue weighted by atomic mass is 127. The van der Waals surface area contributed by atoms with Crippen molar-refractivity contribution >= 4 is 22.6 Å². The molecule has 0 aromatic heterocycles. The predicted octanol–water partition coefficient (Wildman–Crippen LogP) is 3.77. The maximum absolute atomic E-state index is 5.92. The topological polar surface area (TPSA) is 9.23 Å². The lowest BCUT2D eigenvalue weighted by Crippen LogP contribution is -2.39. The van der Waals surface area contributed by atoms with Crippen LogP contribution in [0.2, 0.25) is 0 Å². The van der Waals surface area contributed by atoms with Gasteiger partial charge in [-0.05, 0) is 23.3 Å². The van der Waals surface area contributed by atoms with Gasteiger partial charge in [-0.2, -0.15) is 0 Å². The molecule has 76 valence electrons. The first-order chi connectivity index (χ1) is 5.82. The Morgan fingerprint density at radius 3 is 2.46 bits per heavy atom. The molecule has 13 heavy (non-hydrogen) atoms. The predicted molar refractivity (Wildman–Crippen MR) is 65.1 cm³/mol. The van der Waals surface area contributed by atoms with Gasteiger partial charge in [0.1, 0.15) is 4.11 Å². The highest BCUT2D eigenvalue weighted by Crippen LogP contribution is 2.39. The van der Waals surface area contributed by atoms with Gasteiger partial charge in [0.2, 0.25) is 0 Å². The second-order valence-corrected chi connectivity index (χ2v) is 6.39. The molecule has 0 spiro atoms. The second kappa shape index (κ2) is 3.89. The van der Waals surface area contributed by atoms with Crippen molar-refractivity contribution in [2.24, 2.45) is 11.3 Å². The Balaban J connectivity index is 2.78. The second-order valence-electron chi connectivity index (χ2n) is 5.00. The number of ether oxygens (including phenoxy) is 1. The molecule has 0 bridgehead atoms. The van der Waals surface area contributed by atoms with Gasteiger partial charge in [0, 0.05) is 0 Å². The average molecular weight is 294 g/mol. The minimum atomic E-state index is 0.176. The van der Waals surface area contributed by atoms with Gasteiger partial charge < -0.3 is 4.74 Å². The summed E-state index contributed by atoms with van der Waals surface area (Å²) >= 11 is 2.37. The molecule has 0 saturated carbocycles. The molecule has 1 rings (SSSR count). The first-order valence-electron chi connectivity index (χ1n) is 4.80. The highest BCUT2D eigenvalue weighted by Gasteiger charge is 2.36. The first kappa shape index (κ1) is 11.5. The molecular formula is C11H19IO. The van der Waals surface area contributed by atoms with Crippen LogP contribution < -0.4 is 0 Å². The molecule has 0 aromatic carbocycles. The van der Waals surface area contributed by atoms with Crippen molar-refractivity contribution in [1.29, 1.82) is 0 Å². The van der Waals surface area contributed by atoms with Crippen LogP contribution in [-0.2, 0) is 4.74 Å². The normalized spacial score (nSPS) is 36.4. The molecule has 0 aromatic rings. The summed E-state index contributed by atoms with van der Waals surface area (Å²) in [5, 5.41) is 0. The van der Waals surface area contributed by atoms with Crippen molar-refractivity contribution in [2.75, 3.05) is 0 Å². The largest absolute Gasteiger partial charge is 0.360 e. The third-order valence-electron chi connectivity index (χ3n) is 2.58. The molecule has 3 atom stereocenters. The van der Waals surface area contributed by atoms with Crippen molar-refractivity contribution in [3.63, 3.8) is 0 Å². The van der Waals surface area contributed by atoms with Crippen molar-refractivity contribution in [1.82, 2.24) is 0 Å². The van der Waals surface area contributed by atoms with Crippen LogP contribution in [0.25, 0.3) is 0 Å². The van der Waals surface area contributed by atoms with Gasteiger partial charge in [0.25, 0.3) is 0 Å². The molecule has 1 fully saturated rings. The molecule has 0 N–H and O–H groups in total. The van der Waals surface area contributed by atoms with E-state index in [0.717, 1.165) is 6.42 Å². The van der Waals surface area contributed by atoms with Gasteiger partial charge >= 0.3 is 0 Å². The molecule has 2 heteroatoms. The van der Waals surface area contributed by atoms with Crippen LogP contribution in [0.3, 0.4) is 0 Å². The number of rotatable bonds is 0. The van der Waals surface area contributed by atoms with E-state index in [0.29, 0.717) is 10.0 Å². The van der Waals surface area contributed by atoms with Crippen molar-refractivity contribution in [2.45, 2.75) is 44.3 Å². The molecule has 1 nitrogen and oxygen atoms in total. The van der Waals surface area contributed by atoms with E-state index in [2.05, 4.69) is 56.9 Å². The number of hydrogen-bond donors (Lipinski definition) is 0. The molecular weight excluding hydrogens is 275 g/mol. The van der Waals surface area contributed by atoms with E-state index in [1.54, 1.807) is 0 Å². The Morgan fingerprint density at radius 1 is 1.46 bits per heavy atom. The number of hydrogen-bond acceptors (Lipinski definition) is 1. The van der Waals surface area contributed by atoms with E-state index in [9.17, 15) is 0 Å². The van der Waals surface area contributed by atoms with Crippen LogP contribution >= 0.6 is 22.6 Å². The van der Waals surface area contributed by atoms with Gasteiger partial charge in [0.05, 0.1) is 6.10 Å². The summed E-state index contributed by atoms with van der Waals surface area (Å²) in [6.45, 7) is 13.0. The van der Waals surface area contributed by atoms with Gasteiger partial charge in [-0.15, -0.1) is 0 Å². The van der Waals surface area contributed by atoms with Gasteiger partial charge in [-0.3, -0.25) is 0 Å². The highest BCUT2D eigenvalue weighted by molar-refractivity contribution is 14.1. The zero-order valence-electron chi connectivity index (χ0n) is 8.93. The molecule has 0 aliphatic carbocycles. The number of halogens is 1. The van der Waals surface area contributed by atoms with Crippen LogP contribution in [0.5, 0.6) is 0 Å². The molecule has 0 amide bonds. The van der Waals surface area contributed by atoms with E-state index in [1.807, 2.05) is 0 Å². The van der Waals surface area contributed by atoms with Gasteiger partial charge in [-0.25, -0.2) is 0 Å². The molecule has 1 heterocycles. The molecule has 1 unspecified atom stereocenters. The third-order valence-corrected chi connectivity index (χ3v) is 3.38. The SMILES string of the molecule is C=C1C(C)C[C@H](I)O[C@@H]1C(C)(C)C. The fourth-order valence-electron chi connectivity index (χ4n) is 1.74. The van der Waals surface area contributed by atoms with Crippen molar-refractivity contribution in [3.8, 4) is 0 Å². The minimum Gasteiger partial charge on any atom is -0.360 e. The summed E-state index contributed by atoms with van der Waals surface area (Å²) in [7, 11) is 0. The molecule has 1 saturated heterocycles. The summed E-state index contributed by atoms with van der Waals surface area (Å²) in [5.41, 5.74) is 1.44. The van der Waals surface area contributed by atoms with Crippen LogP contribution in [0.4, 0.5) is 0 Å². The first-order valence-corrected chi connectivity index (χ1v) is 6.05. The van der Waals surface area contributed by atoms with E-state index >= 15 is 0 Å². The Kier molecular flexibility index (Phi) is 3.44. The van der Waals surface area contributed by atoms with Crippen LogP contribution in [0.15, 0.2) is 12.2 Å². The minimum absolute atomic E-state index is 0.176. The fraction of sp³-hybridized carbons (Fsp3) is 0.818. The zero-order chi connectivity index (χ0) is 10.2. The lowest BCUT2D eigenvalue weighted by molar-refractivity contribution is -0.0332. The maximum atomic E-state index is 5.92. The monoisotopic (exact) mass is 294 g/mol. The van der Waals surface area contributed by atoms with Gasteiger partial charge in [0.15, 0.2) is 0 Å². The van der Waals surface area contributed by atoms with Crippen LogP contribution in [0.1, 0.15) is 34.1 Å². The standard InChI is InChI=1S/C11H19IO/c1-7-6-9(12)13-10(8(7)2)11(3,4)5/h7,9-10H,2,6H2,1,3-5H3/t7?,9-,10+/m1/s1. The van der Waals surface area contributed by atoms with E-state index < -0.39 is 0 Å². The lowest BCUT2D eigenvalue weighted by atomic mass is 9.78. The zero-order valence-corrected chi connectivity index (χ0v) is 11.1. The summed E-state index contributed by atoms with van der Waals surface area (Å²) in [5.74, 6) is 0.597. The van der Waals surface area contributed by atoms with Crippen LogP contribution in [0, 0.1) is 11.3 Å². The summed E-state index contributed by atoms with van der Waals surface area (Å²) in [6, 6.07) is 0. The quantitative estimate of drug-likeness (QED) is 0.375. The average Bonchev–Trinajstić information content (AvgIpc) is 1.94. The fourth-order valence-corrected chi connectivity index (χ4v) is 2.80. The maximum Gasteiger partial charge on any atom is 0.110 e. The summed E-state index contributed by atoms with van der Waals surface area (Å²) in [6.07, 6.45) is 1.32. The Labute approximate surface area is 95.1 Å². The summed E-state index contributed by atoms with van der Waals surface area (Å²) in [4.78, 5) is 0. The van der Waals surface area contributed by atoms with Gasteiger partial charge in [-0.1, -0.05) is 56.9 Å². The van der Waals surface area contributed by atoms with E-state index in [1.165, 1.54) is 5.57 Å². The Morgan fingerprint density at radius 2 is 2.00 bits per heavy atom. The molecule has 1 aliphatic rings. The number of alkyl halides is 1. The van der Waals surface area contributed by atoms with Crippen molar-refractivity contribution in [3.05, 3.63) is 12.2 Å². The van der Waals surface area contributed by atoms with E-state index in [4.69, 9.17) is 4.74 Å². The van der Waals surface area contributed by atoms with Crippen LogP contribution in [-0.4, -0.2) is 10.2 Å². The summed E-state index contributed by atoms with van der Waals surface area (Å²) < 4.78 is 6.27. The lowest BCUT2D eigenvalue weighted by Gasteiger charge is -2.40. The molecule has 0 radical (unpaired) electrons. The Bertz CT molecular complexity index is 205. The van der Waals surface area contributed by atoms with Crippen molar-refractivity contribution < 1.29 is 4.74 Å². The Hall–Kier alpha value is 0.430. The molecule has 1 aliphatic heterocycles.